The van der Waals surface area contributed by atoms with Crippen LogP contribution in [0, 0.1) is 5.92 Å². The quantitative estimate of drug-likeness (QED) is 0.608. The molecule has 0 radical (unpaired) electrons. The summed E-state index contributed by atoms with van der Waals surface area (Å²) in [7, 11) is 0. The molecule has 19 heavy (non-hydrogen) atoms. The predicted octanol–water partition coefficient (Wildman–Crippen LogP) is 0.352. The van der Waals surface area contributed by atoms with Gasteiger partial charge in [-0.3, -0.25) is 0 Å². The van der Waals surface area contributed by atoms with Crippen molar-refractivity contribution in [2.24, 2.45) is 5.92 Å². The van der Waals surface area contributed by atoms with Crippen molar-refractivity contribution in [3.8, 4) is 0 Å². The summed E-state index contributed by atoms with van der Waals surface area (Å²) in [5.74, 6) is -0.896. The Morgan fingerprint density at radius 3 is 2.68 bits per heavy atom. The topological polar surface area (TPSA) is 79.3 Å². The number of esters is 1. The predicted molar refractivity (Wildman–Crippen MR) is 65.5 cm³/mol. The fourth-order valence-corrected chi connectivity index (χ4v) is 2.86. The fraction of sp³-hybridized carbons (Fsp3) is 0.500. The maximum absolute atomic E-state index is 12.0. The van der Waals surface area contributed by atoms with Crippen molar-refractivity contribution in [2.45, 2.75) is 30.8 Å². The van der Waals surface area contributed by atoms with Crippen molar-refractivity contribution in [1.82, 2.24) is 0 Å². The minimum Gasteiger partial charge on any atom is -0.453 e. The van der Waals surface area contributed by atoms with Crippen molar-refractivity contribution < 1.29 is 24.5 Å². The molecule has 1 aromatic carbocycles. The van der Waals surface area contributed by atoms with E-state index in [9.17, 15) is 15.0 Å². The van der Waals surface area contributed by atoms with Crippen LogP contribution >= 0.6 is 0 Å². The summed E-state index contributed by atoms with van der Waals surface area (Å²) in [5, 5.41) is 19.4. The lowest BCUT2D eigenvalue weighted by Gasteiger charge is -2.23. The van der Waals surface area contributed by atoms with Crippen molar-refractivity contribution in [2.75, 3.05) is 6.61 Å². The molecule has 2 aliphatic rings. The average Bonchev–Trinajstić information content (AvgIpc) is 3.04. The van der Waals surface area contributed by atoms with Gasteiger partial charge in [0.25, 0.3) is 0 Å². The van der Waals surface area contributed by atoms with E-state index in [1.165, 1.54) is 0 Å². The highest BCUT2D eigenvalue weighted by Crippen LogP contribution is 2.54. The molecule has 0 spiro atoms. The number of carbonyl (C=O) groups is 1. The summed E-state index contributed by atoms with van der Waals surface area (Å²) in [6, 6.07) is 8.61. The first-order valence-electron chi connectivity index (χ1n) is 6.30. The van der Waals surface area contributed by atoms with E-state index in [1.54, 1.807) is 24.3 Å². The zero-order valence-electron chi connectivity index (χ0n) is 10.5. The van der Waals surface area contributed by atoms with Gasteiger partial charge in [-0.25, -0.2) is 4.79 Å². The SMILES string of the molecule is C[C@]12O[C@H]1[C@@H](OC(=O)c1ccccc1)[C@@H](O)[C@@H]2CO. The molecule has 1 aliphatic carbocycles. The molecule has 0 aromatic heterocycles. The minimum absolute atomic E-state index is 0.187. The molecule has 1 heterocycles. The first-order valence-corrected chi connectivity index (χ1v) is 6.30. The maximum Gasteiger partial charge on any atom is 0.338 e. The molecular formula is C14H16O5. The smallest absolute Gasteiger partial charge is 0.338 e. The lowest BCUT2D eigenvalue weighted by atomic mass is 9.96. The van der Waals surface area contributed by atoms with E-state index in [4.69, 9.17) is 9.47 Å². The number of epoxide rings is 1. The number of aliphatic hydroxyl groups excluding tert-OH is 2. The molecule has 0 amide bonds. The summed E-state index contributed by atoms with van der Waals surface area (Å²) in [6.45, 7) is 1.63. The highest BCUT2D eigenvalue weighted by molar-refractivity contribution is 5.89. The number of aliphatic hydroxyl groups is 2. The third-order valence-corrected chi connectivity index (χ3v) is 4.12. The number of fused-ring (bicyclic) bond motifs is 1. The molecule has 5 nitrogen and oxygen atoms in total. The third kappa shape index (κ3) is 1.85. The zero-order valence-corrected chi connectivity index (χ0v) is 10.5. The van der Waals surface area contributed by atoms with Crippen LogP contribution in [0.25, 0.3) is 0 Å². The monoisotopic (exact) mass is 264 g/mol. The molecule has 5 heteroatoms. The minimum atomic E-state index is -0.888. The Labute approximate surface area is 110 Å². The summed E-state index contributed by atoms with van der Waals surface area (Å²) in [5.41, 5.74) is -0.139. The van der Waals surface area contributed by atoms with Gasteiger partial charge in [0.05, 0.1) is 12.2 Å². The van der Waals surface area contributed by atoms with Gasteiger partial charge in [0, 0.05) is 5.92 Å². The summed E-state index contributed by atoms with van der Waals surface area (Å²) in [4.78, 5) is 12.0. The van der Waals surface area contributed by atoms with E-state index < -0.39 is 29.7 Å². The third-order valence-electron chi connectivity index (χ3n) is 4.12. The first-order chi connectivity index (χ1) is 9.08. The number of hydrogen-bond acceptors (Lipinski definition) is 5. The molecule has 1 aliphatic heterocycles. The second kappa shape index (κ2) is 4.30. The molecule has 5 atom stereocenters. The Bertz CT molecular complexity index is 488. The Morgan fingerprint density at radius 1 is 1.42 bits per heavy atom. The van der Waals surface area contributed by atoms with Gasteiger partial charge in [-0.2, -0.15) is 0 Å². The van der Waals surface area contributed by atoms with Gasteiger partial charge in [0.1, 0.15) is 17.8 Å². The summed E-state index contributed by atoms with van der Waals surface area (Å²) < 4.78 is 10.8. The van der Waals surface area contributed by atoms with Crippen LogP contribution in [0.4, 0.5) is 0 Å². The van der Waals surface area contributed by atoms with Crippen molar-refractivity contribution in [3.05, 3.63) is 35.9 Å². The number of ether oxygens (including phenoxy) is 2. The van der Waals surface area contributed by atoms with Crippen molar-refractivity contribution in [3.63, 3.8) is 0 Å². The van der Waals surface area contributed by atoms with E-state index in [0.717, 1.165) is 0 Å². The fourth-order valence-electron chi connectivity index (χ4n) is 2.86. The molecule has 2 N–H and O–H groups in total. The Balaban J connectivity index is 1.73. The van der Waals surface area contributed by atoms with Crippen molar-refractivity contribution >= 4 is 5.97 Å². The van der Waals surface area contributed by atoms with Crippen LogP contribution in [0.3, 0.4) is 0 Å². The molecule has 0 bridgehead atoms. The van der Waals surface area contributed by atoms with Gasteiger partial charge in [-0.05, 0) is 19.1 Å². The number of rotatable bonds is 3. The molecule has 2 fully saturated rings. The first kappa shape index (κ1) is 12.6. The van der Waals surface area contributed by atoms with E-state index in [1.807, 2.05) is 13.0 Å². The van der Waals surface area contributed by atoms with Crippen LogP contribution in [0.2, 0.25) is 0 Å². The van der Waals surface area contributed by atoms with Gasteiger partial charge in [0.2, 0.25) is 0 Å². The van der Waals surface area contributed by atoms with Crippen LogP contribution in [-0.4, -0.2) is 46.7 Å². The molecule has 102 valence electrons. The molecule has 0 unspecified atom stereocenters. The summed E-state index contributed by atoms with van der Waals surface area (Å²) in [6.07, 6.45) is -1.93. The van der Waals surface area contributed by atoms with Crippen LogP contribution in [0.15, 0.2) is 30.3 Å². The lowest BCUT2D eigenvalue weighted by molar-refractivity contribution is -0.0661. The van der Waals surface area contributed by atoms with Crippen LogP contribution in [-0.2, 0) is 9.47 Å². The van der Waals surface area contributed by atoms with Gasteiger partial charge in [-0.1, -0.05) is 18.2 Å². The average molecular weight is 264 g/mol. The van der Waals surface area contributed by atoms with E-state index >= 15 is 0 Å². The van der Waals surface area contributed by atoms with Crippen LogP contribution < -0.4 is 0 Å². The number of hydrogen-bond donors (Lipinski definition) is 2. The number of carbonyl (C=O) groups excluding carboxylic acids is 1. The normalized spacial score (nSPS) is 39.7. The second-order valence-corrected chi connectivity index (χ2v) is 5.24. The van der Waals surface area contributed by atoms with Gasteiger partial charge in [0.15, 0.2) is 6.10 Å². The molecule has 3 rings (SSSR count). The molecule has 1 saturated carbocycles. The largest absolute Gasteiger partial charge is 0.453 e. The number of benzene rings is 1. The zero-order chi connectivity index (χ0) is 13.6. The molecular weight excluding hydrogens is 248 g/mol. The lowest BCUT2D eigenvalue weighted by Crippen LogP contribution is -2.38. The van der Waals surface area contributed by atoms with E-state index in [0.29, 0.717) is 5.56 Å². The second-order valence-electron chi connectivity index (χ2n) is 5.24. The van der Waals surface area contributed by atoms with Gasteiger partial charge >= 0.3 is 5.97 Å². The molecule has 1 aromatic rings. The van der Waals surface area contributed by atoms with Crippen LogP contribution in [0.5, 0.6) is 0 Å². The maximum atomic E-state index is 12.0. The highest BCUT2D eigenvalue weighted by atomic mass is 16.7. The van der Waals surface area contributed by atoms with Gasteiger partial charge in [-0.15, -0.1) is 0 Å². The Morgan fingerprint density at radius 2 is 2.11 bits per heavy atom. The highest BCUT2D eigenvalue weighted by Gasteiger charge is 2.72. The molecule has 1 saturated heterocycles. The van der Waals surface area contributed by atoms with E-state index in [2.05, 4.69) is 0 Å². The Kier molecular flexibility index (Phi) is 2.85. The Hall–Kier alpha value is -1.43. The van der Waals surface area contributed by atoms with Crippen LogP contribution in [0.1, 0.15) is 17.3 Å². The summed E-state index contributed by atoms with van der Waals surface area (Å²) >= 11 is 0. The van der Waals surface area contributed by atoms with E-state index in [-0.39, 0.29) is 12.7 Å². The standard InChI is InChI=1S/C14H16O5/c1-14-9(7-15)10(16)11(12(14)19-14)18-13(17)8-5-3-2-4-6-8/h2-6,9-12,15-16H,7H2,1H3/t9-,10-,11-,12-,14+/m0/s1. The van der Waals surface area contributed by atoms with Crippen molar-refractivity contribution in [1.29, 1.82) is 0 Å². The van der Waals surface area contributed by atoms with Gasteiger partial charge < -0.3 is 19.7 Å².